The lowest BCUT2D eigenvalue weighted by Crippen LogP contribution is -2.32. The highest BCUT2D eigenvalue weighted by Gasteiger charge is 2.20. The van der Waals surface area contributed by atoms with Gasteiger partial charge in [-0.2, -0.15) is 0 Å². The number of hydrogen-bond acceptors (Lipinski definition) is 2. The number of nitrogens with one attached hydrogen (secondary N) is 1. The zero-order valence-electron chi connectivity index (χ0n) is 12.4. The summed E-state index contributed by atoms with van der Waals surface area (Å²) in [6, 6.07) is 10.3. The molecule has 2 aromatic rings. The highest BCUT2D eigenvalue weighted by molar-refractivity contribution is 5.94. The number of hydrogen-bond donors (Lipinski definition) is 1. The van der Waals surface area contributed by atoms with Crippen molar-refractivity contribution in [2.45, 2.75) is 26.4 Å². The van der Waals surface area contributed by atoms with Crippen LogP contribution in [0.4, 0.5) is 14.5 Å². The van der Waals surface area contributed by atoms with Crippen LogP contribution in [0.3, 0.4) is 0 Å². The van der Waals surface area contributed by atoms with Gasteiger partial charge < -0.3 is 10.1 Å². The van der Waals surface area contributed by atoms with Crippen LogP contribution in [0.15, 0.2) is 42.5 Å². The molecule has 0 unspecified atom stereocenters. The smallest absolute Gasteiger partial charge is 0.265 e. The molecule has 3 nitrogen and oxygen atoms in total. The van der Waals surface area contributed by atoms with Crippen molar-refractivity contribution in [3.8, 4) is 5.75 Å². The lowest BCUT2D eigenvalue weighted by Gasteiger charge is -2.18. The van der Waals surface area contributed by atoms with E-state index in [-0.39, 0.29) is 5.69 Å². The van der Waals surface area contributed by atoms with Crippen LogP contribution in [0.25, 0.3) is 0 Å². The van der Waals surface area contributed by atoms with Crippen LogP contribution < -0.4 is 10.1 Å². The fourth-order valence-electron chi connectivity index (χ4n) is 1.97. The fourth-order valence-corrected chi connectivity index (χ4v) is 1.97. The summed E-state index contributed by atoms with van der Waals surface area (Å²) < 4.78 is 32.1. The van der Waals surface area contributed by atoms with Crippen LogP contribution in [0.5, 0.6) is 5.75 Å². The first kappa shape index (κ1) is 15.9. The summed E-state index contributed by atoms with van der Waals surface area (Å²) in [6.07, 6.45) is -0.339. The second-order valence-electron chi connectivity index (χ2n) is 4.89. The topological polar surface area (TPSA) is 38.3 Å². The van der Waals surface area contributed by atoms with E-state index in [4.69, 9.17) is 4.74 Å². The molecule has 0 aliphatic carbocycles. The number of benzene rings is 2. The molecule has 1 N–H and O–H groups in total. The van der Waals surface area contributed by atoms with Gasteiger partial charge in [0.1, 0.15) is 17.4 Å². The maximum absolute atomic E-state index is 13.6. The molecule has 22 heavy (non-hydrogen) atoms. The SMILES string of the molecule is CC[C@@H](Oc1ccccc1C)C(=O)Nc1ccc(F)cc1F. The minimum Gasteiger partial charge on any atom is -0.480 e. The average Bonchev–Trinajstić information content (AvgIpc) is 2.49. The van der Waals surface area contributed by atoms with Crippen molar-refractivity contribution < 1.29 is 18.3 Å². The Morgan fingerprint density at radius 2 is 1.95 bits per heavy atom. The van der Waals surface area contributed by atoms with E-state index in [9.17, 15) is 13.6 Å². The minimum atomic E-state index is -0.820. The van der Waals surface area contributed by atoms with E-state index in [2.05, 4.69) is 5.32 Å². The summed E-state index contributed by atoms with van der Waals surface area (Å²) >= 11 is 0. The van der Waals surface area contributed by atoms with Gasteiger partial charge in [-0.25, -0.2) is 8.78 Å². The third-order valence-electron chi connectivity index (χ3n) is 3.22. The molecule has 0 bridgehead atoms. The monoisotopic (exact) mass is 305 g/mol. The predicted octanol–water partition coefficient (Wildman–Crippen LogP) is 4.07. The number of anilines is 1. The van der Waals surface area contributed by atoms with Crippen molar-refractivity contribution in [1.29, 1.82) is 0 Å². The van der Waals surface area contributed by atoms with Crippen LogP contribution in [0.2, 0.25) is 0 Å². The molecule has 0 aromatic heterocycles. The molecule has 116 valence electrons. The Morgan fingerprint density at radius 3 is 2.59 bits per heavy atom. The van der Waals surface area contributed by atoms with Crippen molar-refractivity contribution in [3.05, 3.63) is 59.7 Å². The number of aryl methyl sites for hydroxylation is 1. The number of amides is 1. The van der Waals surface area contributed by atoms with Gasteiger partial charge in [0.15, 0.2) is 6.10 Å². The first-order valence-corrected chi connectivity index (χ1v) is 6.99. The Bertz CT molecular complexity index is 673. The standard InChI is InChI=1S/C17H17F2NO2/c1-3-15(22-16-7-5-4-6-11(16)2)17(21)20-14-9-8-12(18)10-13(14)19/h4-10,15H,3H2,1-2H3,(H,20,21)/t15-/m1/s1. The number of carbonyl (C=O) groups is 1. The molecule has 0 aliphatic rings. The summed E-state index contributed by atoms with van der Waals surface area (Å²) in [5.74, 6) is -1.39. The normalized spacial score (nSPS) is 11.8. The molecular formula is C17H17F2NO2. The number of ether oxygens (including phenoxy) is 1. The number of para-hydroxylation sites is 1. The number of halogens is 2. The van der Waals surface area contributed by atoms with Gasteiger partial charge in [-0.15, -0.1) is 0 Å². The van der Waals surface area contributed by atoms with Gasteiger partial charge in [-0.05, 0) is 37.1 Å². The van der Waals surface area contributed by atoms with Crippen molar-refractivity contribution in [2.24, 2.45) is 0 Å². The molecule has 2 rings (SSSR count). The quantitative estimate of drug-likeness (QED) is 0.904. The van der Waals surface area contributed by atoms with Crippen molar-refractivity contribution in [3.63, 3.8) is 0 Å². The van der Waals surface area contributed by atoms with Gasteiger partial charge in [0.05, 0.1) is 5.69 Å². The van der Waals surface area contributed by atoms with Crippen LogP contribution in [-0.2, 0) is 4.79 Å². The molecule has 0 aliphatic heterocycles. The third-order valence-corrected chi connectivity index (χ3v) is 3.22. The van der Waals surface area contributed by atoms with Crippen LogP contribution >= 0.6 is 0 Å². The van der Waals surface area contributed by atoms with Crippen molar-refractivity contribution in [2.75, 3.05) is 5.32 Å². The summed E-state index contributed by atoms with van der Waals surface area (Å²) in [7, 11) is 0. The van der Waals surface area contributed by atoms with E-state index in [1.165, 1.54) is 6.07 Å². The van der Waals surface area contributed by atoms with E-state index in [0.29, 0.717) is 12.2 Å². The highest BCUT2D eigenvalue weighted by atomic mass is 19.1. The molecule has 0 radical (unpaired) electrons. The average molecular weight is 305 g/mol. The van der Waals surface area contributed by atoms with E-state index < -0.39 is 23.6 Å². The van der Waals surface area contributed by atoms with Crippen molar-refractivity contribution >= 4 is 11.6 Å². The molecule has 2 aromatic carbocycles. The van der Waals surface area contributed by atoms with E-state index in [0.717, 1.165) is 17.7 Å². The zero-order chi connectivity index (χ0) is 16.1. The first-order valence-electron chi connectivity index (χ1n) is 6.99. The fraction of sp³-hybridized carbons (Fsp3) is 0.235. The number of carbonyl (C=O) groups excluding carboxylic acids is 1. The van der Waals surface area contributed by atoms with Gasteiger partial charge in [0.2, 0.25) is 0 Å². The summed E-state index contributed by atoms with van der Waals surface area (Å²) in [5.41, 5.74) is 0.833. The molecule has 1 atom stereocenters. The summed E-state index contributed by atoms with van der Waals surface area (Å²) in [5, 5.41) is 2.42. The molecule has 1 amide bonds. The Kier molecular flexibility index (Phi) is 5.09. The maximum atomic E-state index is 13.6. The highest BCUT2D eigenvalue weighted by Crippen LogP contribution is 2.20. The Balaban J connectivity index is 2.10. The Labute approximate surface area is 127 Å². The lowest BCUT2D eigenvalue weighted by atomic mass is 10.2. The number of rotatable bonds is 5. The van der Waals surface area contributed by atoms with Gasteiger partial charge in [-0.3, -0.25) is 4.79 Å². The molecule has 0 spiro atoms. The van der Waals surface area contributed by atoms with Gasteiger partial charge >= 0.3 is 0 Å². The van der Waals surface area contributed by atoms with E-state index in [1.54, 1.807) is 13.0 Å². The molecule has 0 fully saturated rings. The summed E-state index contributed by atoms with van der Waals surface area (Å²) in [6.45, 7) is 3.67. The van der Waals surface area contributed by atoms with Crippen molar-refractivity contribution in [1.82, 2.24) is 0 Å². The Morgan fingerprint density at radius 1 is 1.23 bits per heavy atom. The predicted molar refractivity (Wildman–Crippen MR) is 80.9 cm³/mol. The van der Waals surface area contributed by atoms with Crippen LogP contribution in [0, 0.1) is 18.6 Å². The molecule has 0 saturated heterocycles. The molecule has 0 saturated carbocycles. The minimum absolute atomic E-state index is 0.0711. The van der Waals surface area contributed by atoms with E-state index in [1.807, 2.05) is 25.1 Å². The van der Waals surface area contributed by atoms with Gasteiger partial charge in [-0.1, -0.05) is 25.1 Å². The van der Waals surface area contributed by atoms with E-state index >= 15 is 0 Å². The lowest BCUT2D eigenvalue weighted by molar-refractivity contribution is -0.122. The molecule has 0 heterocycles. The Hall–Kier alpha value is -2.43. The second-order valence-corrected chi connectivity index (χ2v) is 4.89. The zero-order valence-corrected chi connectivity index (χ0v) is 12.4. The molecule has 5 heteroatoms. The van der Waals surface area contributed by atoms with Crippen LogP contribution in [0.1, 0.15) is 18.9 Å². The summed E-state index contributed by atoms with van der Waals surface area (Å²) in [4.78, 5) is 12.2. The molecular weight excluding hydrogens is 288 g/mol. The second kappa shape index (κ2) is 7.02. The van der Waals surface area contributed by atoms with Crippen LogP contribution in [-0.4, -0.2) is 12.0 Å². The third kappa shape index (κ3) is 3.81. The maximum Gasteiger partial charge on any atom is 0.265 e. The first-order chi connectivity index (χ1) is 10.5. The van der Waals surface area contributed by atoms with Gasteiger partial charge in [0, 0.05) is 6.07 Å². The van der Waals surface area contributed by atoms with Gasteiger partial charge in [0.25, 0.3) is 5.91 Å². The largest absolute Gasteiger partial charge is 0.480 e.